The van der Waals surface area contributed by atoms with Crippen LogP contribution in [0.25, 0.3) is 10.2 Å². The number of carbonyl (C=O) groups is 1. The minimum atomic E-state index is -3.59. The quantitative estimate of drug-likeness (QED) is 0.545. The number of carbonyl (C=O) groups excluding carboxylic acids is 1. The van der Waals surface area contributed by atoms with Gasteiger partial charge in [-0.05, 0) is 61.7 Å². The molecular formula is C24H29N3O3S2. The molecule has 2 aromatic carbocycles. The summed E-state index contributed by atoms with van der Waals surface area (Å²) in [6.45, 7) is 4.37. The van der Waals surface area contributed by atoms with E-state index in [1.165, 1.54) is 29.9 Å². The Balaban J connectivity index is 1.60. The summed E-state index contributed by atoms with van der Waals surface area (Å²) in [7, 11) is -1.70. The maximum atomic E-state index is 13.2. The third-order valence-corrected chi connectivity index (χ3v) is 9.30. The van der Waals surface area contributed by atoms with Crippen molar-refractivity contribution in [3.05, 3.63) is 58.4 Å². The summed E-state index contributed by atoms with van der Waals surface area (Å²) in [6.07, 6.45) is 5.13. The first kappa shape index (κ1) is 22.9. The van der Waals surface area contributed by atoms with Crippen LogP contribution in [0, 0.1) is 6.92 Å². The number of sulfonamides is 1. The van der Waals surface area contributed by atoms with Crippen LogP contribution in [0.4, 0.5) is 0 Å². The van der Waals surface area contributed by atoms with Crippen molar-refractivity contribution in [1.29, 1.82) is 0 Å². The highest BCUT2D eigenvalue weighted by molar-refractivity contribution is 7.89. The largest absolute Gasteiger partial charge is 0.319 e. The molecule has 1 heterocycles. The molecule has 0 spiro atoms. The molecule has 6 nitrogen and oxygen atoms in total. The normalized spacial score (nSPS) is 16.2. The Morgan fingerprint density at radius 3 is 2.47 bits per heavy atom. The molecule has 4 rings (SSSR count). The topological polar surface area (TPSA) is 71.7 Å². The van der Waals surface area contributed by atoms with Gasteiger partial charge in [0.2, 0.25) is 10.0 Å². The van der Waals surface area contributed by atoms with Crippen LogP contribution in [0.3, 0.4) is 0 Å². The van der Waals surface area contributed by atoms with Crippen molar-refractivity contribution >= 4 is 37.5 Å². The van der Waals surface area contributed by atoms with Crippen LogP contribution in [0.15, 0.2) is 52.4 Å². The minimum Gasteiger partial charge on any atom is -0.319 e. The van der Waals surface area contributed by atoms with Crippen molar-refractivity contribution in [3.63, 3.8) is 0 Å². The van der Waals surface area contributed by atoms with Gasteiger partial charge in [0.25, 0.3) is 5.91 Å². The van der Waals surface area contributed by atoms with E-state index in [0.29, 0.717) is 16.9 Å². The number of benzene rings is 2. The molecule has 8 heteroatoms. The Kier molecular flexibility index (Phi) is 6.65. The van der Waals surface area contributed by atoms with E-state index in [9.17, 15) is 13.2 Å². The van der Waals surface area contributed by atoms with Crippen molar-refractivity contribution in [3.8, 4) is 0 Å². The number of hydrogen-bond donors (Lipinski definition) is 0. The van der Waals surface area contributed by atoms with E-state index in [1.54, 1.807) is 16.4 Å². The molecule has 1 amide bonds. The Morgan fingerprint density at radius 2 is 1.81 bits per heavy atom. The highest BCUT2D eigenvalue weighted by Crippen LogP contribution is 2.28. The maximum Gasteiger partial charge on any atom is 0.279 e. The van der Waals surface area contributed by atoms with Crippen molar-refractivity contribution < 1.29 is 13.2 Å². The second-order valence-electron chi connectivity index (χ2n) is 8.36. The number of rotatable bonds is 5. The van der Waals surface area contributed by atoms with Crippen LogP contribution < -0.4 is 4.80 Å². The second-order valence-corrected chi connectivity index (χ2v) is 11.3. The summed E-state index contributed by atoms with van der Waals surface area (Å²) in [6, 6.07) is 12.4. The Bertz CT molecular complexity index is 1300. The molecule has 1 fully saturated rings. The molecule has 0 unspecified atom stereocenters. The molecule has 1 aliphatic carbocycles. The molecule has 0 saturated heterocycles. The summed E-state index contributed by atoms with van der Waals surface area (Å²) in [5.41, 5.74) is 2.55. The summed E-state index contributed by atoms with van der Waals surface area (Å²) in [5, 5.41) is 0. The molecule has 3 aromatic rings. The van der Waals surface area contributed by atoms with Crippen molar-refractivity contribution in [1.82, 2.24) is 8.87 Å². The van der Waals surface area contributed by atoms with Crippen LogP contribution in [0.2, 0.25) is 0 Å². The number of fused-ring (bicyclic) bond motifs is 1. The lowest BCUT2D eigenvalue weighted by Crippen LogP contribution is -2.41. The van der Waals surface area contributed by atoms with Gasteiger partial charge in [0.05, 0.1) is 15.1 Å². The SMILES string of the molecule is CCN(C1CCCCC1)S(=O)(=O)c1ccc(C(=O)N=c2sc3cc(C)ccc3n2C)cc1. The predicted molar refractivity (Wildman–Crippen MR) is 128 cm³/mol. The fourth-order valence-corrected chi connectivity index (χ4v) is 7.21. The van der Waals surface area contributed by atoms with Gasteiger partial charge in [-0.2, -0.15) is 9.30 Å². The molecule has 1 aliphatic rings. The second kappa shape index (κ2) is 9.29. The molecule has 1 aromatic heterocycles. The number of amides is 1. The van der Waals surface area contributed by atoms with Gasteiger partial charge in [-0.1, -0.05) is 43.6 Å². The van der Waals surface area contributed by atoms with Crippen LogP contribution in [-0.4, -0.2) is 35.8 Å². The Hall–Kier alpha value is -2.29. The lowest BCUT2D eigenvalue weighted by atomic mass is 9.95. The third-order valence-electron chi connectivity index (χ3n) is 6.16. The smallest absolute Gasteiger partial charge is 0.279 e. The fraction of sp³-hybridized carbons (Fsp3) is 0.417. The minimum absolute atomic E-state index is 0.0617. The van der Waals surface area contributed by atoms with Gasteiger partial charge in [-0.3, -0.25) is 4.79 Å². The van der Waals surface area contributed by atoms with E-state index >= 15 is 0 Å². The van der Waals surface area contributed by atoms with E-state index in [-0.39, 0.29) is 16.8 Å². The maximum absolute atomic E-state index is 13.2. The first-order valence-electron chi connectivity index (χ1n) is 11.1. The zero-order valence-corrected chi connectivity index (χ0v) is 20.4. The van der Waals surface area contributed by atoms with Gasteiger partial charge < -0.3 is 4.57 Å². The van der Waals surface area contributed by atoms with Crippen molar-refractivity contribution in [2.24, 2.45) is 12.0 Å². The van der Waals surface area contributed by atoms with Gasteiger partial charge >= 0.3 is 0 Å². The van der Waals surface area contributed by atoms with Crippen LogP contribution in [-0.2, 0) is 17.1 Å². The van der Waals surface area contributed by atoms with Crippen molar-refractivity contribution in [2.75, 3.05) is 6.54 Å². The molecule has 0 aliphatic heterocycles. The Morgan fingerprint density at radius 1 is 1.12 bits per heavy atom. The lowest BCUT2D eigenvalue weighted by Gasteiger charge is -2.32. The molecule has 0 atom stereocenters. The highest BCUT2D eigenvalue weighted by Gasteiger charge is 2.31. The zero-order chi connectivity index (χ0) is 22.9. The van der Waals surface area contributed by atoms with Gasteiger partial charge in [-0.25, -0.2) is 8.42 Å². The van der Waals surface area contributed by atoms with E-state index in [1.807, 2.05) is 37.6 Å². The first-order chi connectivity index (χ1) is 15.3. The summed E-state index contributed by atoms with van der Waals surface area (Å²) < 4.78 is 31.0. The van der Waals surface area contributed by atoms with Gasteiger partial charge in [0.1, 0.15) is 0 Å². The van der Waals surface area contributed by atoms with Gasteiger partial charge in [-0.15, -0.1) is 0 Å². The first-order valence-corrected chi connectivity index (χ1v) is 13.3. The van der Waals surface area contributed by atoms with Crippen LogP contribution in [0.1, 0.15) is 54.9 Å². The van der Waals surface area contributed by atoms with Crippen molar-refractivity contribution in [2.45, 2.75) is 56.9 Å². The average Bonchev–Trinajstić information content (AvgIpc) is 3.09. The Labute approximate surface area is 193 Å². The fourth-order valence-electron chi connectivity index (χ4n) is 4.40. The predicted octanol–water partition coefficient (Wildman–Crippen LogP) is 4.63. The molecule has 1 saturated carbocycles. The number of nitrogens with zero attached hydrogens (tertiary/aromatic N) is 3. The van der Waals surface area contributed by atoms with Crippen LogP contribution >= 0.6 is 11.3 Å². The average molecular weight is 472 g/mol. The number of aromatic nitrogens is 1. The lowest BCUT2D eigenvalue weighted by molar-refractivity contribution is 0.0998. The number of hydrogen-bond acceptors (Lipinski definition) is 4. The van der Waals surface area contributed by atoms with E-state index in [2.05, 4.69) is 11.1 Å². The summed E-state index contributed by atoms with van der Waals surface area (Å²) >= 11 is 1.46. The molecule has 0 bridgehead atoms. The molecule has 32 heavy (non-hydrogen) atoms. The van der Waals surface area contributed by atoms with Gasteiger partial charge in [0.15, 0.2) is 4.80 Å². The van der Waals surface area contributed by atoms with E-state index in [0.717, 1.165) is 41.5 Å². The number of thiazole rings is 1. The summed E-state index contributed by atoms with van der Waals surface area (Å²) in [4.78, 5) is 17.9. The summed E-state index contributed by atoms with van der Waals surface area (Å²) in [5.74, 6) is -0.382. The van der Waals surface area contributed by atoms with Gasteiger partial charge in [0, 0.05) is 25.2 Å². The van der Waals surface area contributed by atoms with Crippen LogP contribution in [0.5, 0.6) is 0 Å². The molecule has 170 valence electrons. The molecule has 0 radical (unpaired) electrons. The standard InChI is InChI=1S/C24H29N3O3S2/c1-4-27(19-8-6-5-7-9-19)32(29,30)20-13-11-18(12-14-20)23(28)25-24-26(3)21-15-10-17(2)16-22(21)31-24/h10-16,19H,4-9H2,1-3H3. The van der Waals surface area contributed by atoms with E-state index < -0.39 is 10.0 Å². The molecular weight excluding hydrogens is 442 g/mol. The third kappa shape index (κ3) is 4.44. The van der Waals surface area contributed by atoms with E-state index in [4.69, 9.17) is 0 Å². The molecule has 0 N–H and O–H groups in total. The number of aryl methyl sites for hydroxylation is 2. The monoisotopic (exact) mass is 471 g/mol. The zero-order valence-electron chi connectivity index (χ0n) is 18.7. The highest BCUT2D eigenvalue weighted by atomic mass is 32.2.